The van der Waals surface area contributed by atoms with E-state index >= 15 is 0 Å². The van der Waals surface area contributed by atoms with Crippen LogP contribution < -0.4 is 15.4 Å². The lowest BCUT2D eigenvalue weighted by Gasteiger charge is -2.31. The molecule has 1 aliphatic heterocycles. The molecule has 1 amide bonds. The Kier molecular flexibility index (Phi) is 7.02. The van der Waals surface area contributed by atoms with Crippen molar-refractivity contribution in [2.24, 2.45) is 5.92 Å². The molecule has 212 valence electrons. The monoisotopic (exact) mass is 560 g/mol. The highest BCUT2D eigenvalue weighted by Gasteiger charge is 2.56. The molecule has 0 bridgehead atoms. The van der Waals surface area contributed by atoms with Crippen molar-refractivity contribution in [2.45, 2.75) is 38.2 Å². The minimum atomic E-state index is -2.58. The van der Waals surface area contributed by atoms with E-state index in [1.165, 1.54) is 4.90 Å². The molecule has 1 saturated carbocycles. The predicted molar refractivity (Wildman–Crippen MR) is 152 cm³/mol. The second-order valence-corrected chi connectivity index (χ2v) is 10.6. The van der Waals surface area contributed by atoms with Gasteiger partial charge in [-0.1, -0.05) is 24.3 Å². The van der Waals surface area contributed by atoms with E-state index in [4.69, 9.17) is 4.74 Å². The van der Waals surface area contributed by atoms with Gasteiger partial charge in [-0.05, 0) is 49.6 Å². The van der Waals surface area contributed by atoms with Crippen molar-refractivity contribution in [3.63, 3.8) is 0 Å². The first kappa shape index (κ1) is 26.7. The third kappa shape index (κ3) is 5.70. The Morgan fingerprint density at radius 2 is 1.98 bits per heavy atom. The van der Waals surface area contributed by atoms with Crippen molar-refractivity contribution in [1.82, 2.24) is 19.9 Å². The second-order valence-electron chi connectivity index (χ2n) is 10.6. The Morgan fingerprint density at radius 3 is 2.78 bits per heavy atom. The Morgan fingerprint density at radius 1 is 1.12 bits per heavy atom. The van der Waals surface area contributed by atoms with Crippen LogP contribution >= 0.6 is 0 Å². The zero-order valence-electron chi connectivity index (χ0n) is 22.5. The van der Waals surface area contributed by atoms with Crippen LogP contribution in [0.3, 0.4) is 0 Å². The molecule has 2 aliphatic rings. The summed E-state index contributed by atoms with van der Waals surface area (Å²) in [6.07, 6.45) is 3.86. The second kappa shape index (κ2) is 10.8. The van der Waals surface area contributed by atoms with Gasteiger partial charge in [0, 0.05) is 66.9 Å². The lowest BCUT2D eigenvalue weighted by Crippen LogP contribution is -2.44. The van der Waals surface area contributed by atoms with Crippen LogP contribution in [0.15, 0.2) is 60.9 Å². The van der Waals surface area contributed by atoms with E-state index in [9.17, 15) is 18.7 Å². The fourth-order valence-corrected chi connectivity index (χ4v) is 5.25. The van der Waals surface area contributed by atoms with Gasteiger partial charge < -0.3 is 25.4 Å². The first-order chi connectivity index (χ1) is 19.8. The van der Waals surface area contributed by atoms with Gasteiger partial charge in [-0.25, -0.2) is 28.5 Å². The number of nitrogens with one attached hydrogen (secondary N) is 2. The van der Waals surface area contributed by atoms with Crippen LogP contribution in [0.1, 0.15) is 24.8 Å². The summed E-state index contributed by atoms with van der Waals surface area (Å²) in [4.78, 5) is 26.3. The number of pyridine rings is 1. The highest BCUT2D eigenvalue weighted by Crippen LogP contribution is 2.48. The number of amides is 1. The summed E-state index contributed by atoms with van der Waals surface area (Å²) in [6, 6.07) is 14.9. The van der Waals surface area contributed by atoms with Crippen LogP contribution in [0, 0.1) is 12.8 Å². The zero-order chi connectivity index (χ0) is 28.6. The normalized spacial score (nSPS) is 19.5. The smallest absolute Gasteiger partial charge is 0.407 e. The average molecular weight is 561 g/mol. The quantitative estimate of drug-likeness (QED) is 0.227. The van der Waals surface area contributed by atoms with Crippen LogP contribution in [-0.2, 0) is 0 Å². The molecule has 1 saturated heterocycles. The number of hydrogen-bond donors (Lipinski definition) is 3. The number of nitrogens with zero attached hydrogens (tertiary/aromatic N) is 4. The Hall–Kier alpha value is -4.54. The van der Waals surface area contributed by atoms with Crippen molar-refractivity contribution in [3.8, 4) is 22.9 Å². The van der Waals surface area contributed by atoms with Crippen molar-refractivity contribution in [2.75, 3.05) is 30.3 Å². The summed E-state index contributed by atoms with van der Waals surface area (Å²) in [5, 5.41) is 17.5. The molecule has 3 N–H and O–H groups in total. The number of fused-ring (bicyclic) bond motifs is 1. The highest BCUT2D eigenvalue weighted by molar-refractivity contribution is 5.98. The molecule has 2 fully saturated rings. The van der Waals surface area contributed by atoms with Gasteiger partial charge in [0.2, 0.25) is 11.8 Å². The molecule has 11 heteroatoms. The van der Waals surface area contributed by atoms with Crippen LogP contribution in [0.5, 0.6) is 11.6 Å². The number of halogens is 2. The number of hydrogen-bond acceptors (Lipinski definition) is 7. The molecular weight excluding hydrogens is 530 g/mol. The Bertz CT molecular complexity index is 1600. The summed E-state index contributed by atoms with van der Waals surface area (Å²) in [7, 11) is 0. The largest absolute Gasteiger partial charge is 0.465 e. The van der Waals surface area contributed by atoms with Gasteiger partial charge in [-0.2, -0.15) is 0 Å². The lowest BCUT2D eigenvalue weighted by atomic mass is 10.0. The van der Waals surface area contributed by atoms with Crippen molar-refractivity contribution < 1.29 is 23.4 Å². The molecule has 3 heterocycles. The summed E-state index contributed by atoms with van der Waals surface area (Å²) < 4.78 is 33.3. The van der Waals surface area contributed by atoms with E-state index < -0.39 is 17.9 Å². The number of carboxylic acid groups (broad SMARTS) is 1. The third-order valence-electron chi connectivity index (χ3n) is 7.63. The van der Waals surface area contributed by atoms with E-state index in [1.807, 2.05) is 43.3 Å². The summed E-state index contributed by atoms with van der Waals surface area (Å²) >= 11 is 0. The maximum Gasteiger partial charge on any atom is 0.407 e. The Balaban J connectivity index is 1.26. The fourth-order valence-electron chi connectivity index (χ4n) is 5.25. The first-order valence-corrected chi connectivity index (χ1v) is 13.6. The molecule has 1 unspecified atom stereocenters. The number of benzene rings is 2. The van der Waals surface area contributed by atoms with Crippen molar-refractivity contribution >= 4 is 28.5 Å². The number of ether oxygens (including phenoxy) is 1. The number of aromatic nitrogens is 3. The van der Waals surface area contributed by atoms with Gasteiger partial charge in [-0.15, -0.1) is 0 Å². The van der Waals surface area contributed by atoms with Crippen LogP contribution in [0.4, 0.5) is 25.2 Å². The SMILES string of the molecule is Cc1ccc2c(NCC3CC3(F)F)cccc2c1Oc1ncccc1-c1ccnc(N[C@H]2CCCN(C(=O)O)C2)n1. The van der Waals surface area contributed by atoms with Gasteiger partial charge in [-0.3, -0.25) is 0 Å². The van der Waals surface area contributed by atoms with E-state index in [1.54, 1.807) is 24.5 Å². The molecule has 9 nitrogen and oxygen atoms in total. The number of alkyl halides is 2. The minimum absolute atomic E-state index is 0.0810. The molecule has 2 aromatic heterocycles. The standard InChI is InChI=1S/C30H30F2N6O3/c1-18-9-10-21-22(6-2-8-24(21)35-16-19-15-30(19,31)32)26(18)41-27-23(7-3-12-33-27)25-11-13-34-28(37-25)36-20-5-4-14-38(17-20)29(39)40/h2-3,6-13,19-20,35H,4-5,14-17H2,1H3,(H,39,40)(H,34,36,37)/t19?,20-/m0/s1. The summed E-state index contributed by atoms with van der Waals surface area (Å²) in [6.45, 7) is 3.04. The van der Waals surface area contributed by atoms with Crippen molar-refractivity contribution in [1.29, 1.82) is 0 Å². The summed E-state index contributed by atoms with van der Waals surface area (Å²) in [5.74, 6) is -1.85. The zero-order valence-corrected chi connectivity index (χ0v) is 22.5. The van der Waals surface area contributed by atoms with E-state index in [-0.39, 0.29) is 19.0 Å². The van der Waals surface area contributed by atoms with Crippen LogP contribution in [-0.4, -0.2) is 62.7 Å². The predicted octanol–water partition coefficient (Wildman–Crippen LogP) is 6.41. The van der Waals surface area contributed by atoms with Gasteiger partial charge in [0.05, 0.1) is 11.3 Å². The number of anilines is 2. The minimum Gasteiger partial charge on any atom is -0.465 e. The number of piperidine rings is 1. The topological polar surface area (TPSA) is 112 Å². The molecular formula is C30H30F2N6O3. The van der Waals surface area contributed by atoms with E-state index in [0.29, 0.717) is 41.9 Å². The molecule has 0 radical (unpaired) electrons. The van der Waals surface area contributed by atoms with E-state index in [0.717, 1.165) is 34.9 Å². The molecule has 4 aromatic rings. The fraction of sp³-hybridized carbons (Fsp3) is 0.333. The number of aryl methyl sites for hydroxylation is 1. The van der Waals surface area contributed by atoms with Crippen LogP contribution in [0.2, 0.25) is 0 Å². The first-order valence-electron chi connectivity index (χ1n) is 13.6. The average Bonchev–Trinajstić information content (AvgIpc) is 3.59. The molecule has 2 aromatic carbocycles. The van der Waals surface area contributed by atoms with Crippen LogP contribution in [0.25, 0.3) is 22.0 Å². The van der Waals surface area contributed by atoms with Gasteiger partial charge in [0.1, 0.15) is 5.75 Å². The molecule has 1 aliphatic carbocycles. The number of rotatable bonds is 8. The van der Waals surface area contributed by atoms with Crippen molar-refractivity contribution in [3.05, 3.63) is 66.5 Å². The number of carbonyl (C=O) groups is 1. The molecule has 2 atom stereocenters. The Labute approximate surface area is 235 Å². The van der Waals surface area contributed by atoms with Gasteiger partial charge in [0.25, 0.3) is 5.92 Å². The van der Waals surface area contributed by atoms with Gasteiger partial charge in [0.15, 0.2) is 0 Å². The lowest BCUT2D eigenvalue weighted by molar-refractivity contribution is 0.101. The molecule has 41 heavy (non-hydrogen) atoms. The van der Waals surface area contributed by atoms with E-state index in [2.05, 4.69) is 25.6 Å². The molecule has 6 rings (SSSR count). The third-order valence-corrected chi connectivity index (χ3v) is 7.63. The number of likely N-dealkylation sites (tertiary alicyclic amines) is 1. The summed E-state index contributed by atoms with van der Waals surface area (Å²) in [5.41, 5.74) is 2.93. The molecule has 0 spiro atoms. The maximum atomic E-state index is 13.4. The maximum absolute atomic E-state index is 13.4. The highest BCUT2D eigenvalue weighted by atomic mass is 19.3. The van der Waals surface area contributed by atoms with Gasteiger partial charge >= 0.3 is 6.09 Å².